The van der Waals surface area contributed by atoms with Crippen molar-refractivity contribution in [3.05, 3.63) is 40.6 Å². The molecular formula is C13H10N2O3S. The summed E-state index contributed by atoms with van der Waals surface area (Å²) in [6.07, 6.45) is 0. The van der Waals surface area contributed by atoms with Crippen molar-refractivity contribution in [2.24, 2.45) is 0 Å². The molecule has 0 unspecified atom stereocenters. The summed E-state index contributed by atoms with van der Waals surface area (Å²) in [6, 6.07) is 8.70. The summed E-state index contributed by atoms with van der Waals surface area (Å²) in [4.78, 5) is 23.7. The third-order valence-electron chi connectivity index (χ3n) is 2.62. The van der Waals surface area contributed by atoms with Crippen molar-refractivity contribution in [3.8, 4) is 5.75 Å². The molecule has 19 heavy (non-hydrogen) atoms. The van der Waals surface area contributed by atoms with Gasteiger partial charge < -0.3 is 15.4 Å². The molecule has 2 amide bonds. The summed E-state index contributed by atoms with van der Waals surface area (Å²) in [6.45, 7) is -0.00464. The van der Waals surface area contributed by atoms with E-state index in [2.05, 4.69) is 10.6 Å². The number of benzene rings is 1. The lowest BCUT2D eigenvalue weighted by Gasteiger charge is -2.18. The molecule has 0 saturated carbocycles. The van der Waals surface area contributed by atoms with E-state index in [1.54, 1.807) is 24.3 Å². The third kappa shape index (κ3) is 2.43. The largest absolute Gasteiger partial charge is 0.482 e. The number of hydrogen-bond acceptors (Lipinski definition) is 4. The molecule has 0 atom stereocenters. The number of carbonyl (C=O) groups is 2. The average Bonchev–Trinajstić information content (AvgIpc) is 2.93. The molecule has 2 aromatic rings. The van der Waals surface area contributed by atoms with Gasteiger partial charge in [-0.1, -0.05) is 6.07 Å². The minimum atomic E-state index is -0.178. The fourth-order valence-electron chi connectivity index (χ4n) is 1.75. The second kappa shape index (κ2) is 4.74. The van der Waals surface area contributed by atoms with Crippen molar-refractivity contribution in [3.63, 3.8) is 0 Å². The number of nitrogens with one attached hydrogen (secondary N) is 2. The second-order valence-electron chi connectivity index (χ2n) is 3.98. The number of ether oxygens (including phenoxy) is 1. The minimum absolute atomic E-state index is 0.00464. The maximum absolute atomic E-state index is 11.9. The Bertz CT molecular complexity index is 637. The summed E-state index contributed by atoms with van der Waals surface area (Å²) in [5.74, 6) is 0.223. The highest BCUT2D eigenvalue weighted by atomic mass is 32.1. The molecule has 0 fully saturated rings. The summed E-state index contributed by atoms with van der Waals surface area (Å²) >= 11 is 1.38. The van der Waals surface area contributed by atoms with Crippen LogP contribution in [-0.4, -0.2) is 18.4 Å². The molecule has 2 heterocycles. The van der Waals surface area contributed by atoms with E-state index in [1.165, 1.54) is 11.3 Å². The Kier molecular flexibility index (Phi) is 2.92. The van der Waals surface area contributed by atoms with Gasteiger partial charge >= 0.3 is 0 Å². The van der Waals surface area contributed by atoms with E-state index in [0.29, 0.717) is 22.0 Å². The molecule has 1 aromatic carbocycles. The van der Waals surface area contributed by atoms with Crippen LogP contribution < -0.4 is 15.4 Å². The molecule has 2 N–H and O–H groups in total. The van der Waals surface area contributed by atoms with E-state index in [9.17, 15) is 9.59 Å². The molecule has 0 aliphatic carbocycles. The molecule has 0 bridgehead atoms. The summed E-state index contributed by atoms with van der Waals surface area (Å²) in [5.41, 5.74) is 1.25. The standard InChI is InChI=1S/C13H10N2O3S/c16-12-7-18-10-6-8(3-4-9(10)15-12)14-13(17)11-2-1-5-19-11/h1-6H,7H2,(H,14,17)(H,15,16). The Morgan fingerprint density at radius 2 is 2.26 bits per heavy atom. The number of rotatable bonds is 2. The zero-order valence-electron chi connectivity index (χ0n) is 9.80. The third-order valence-corrected chi connectivity index (χ3v) is 3.49. The zero-order chi connectivity index (χ0) is 13.2. The van der Waals surface area contributed by atoms with E-state index in [1.807, 2.05) is 11.4 Å². The second-order valence-corrected chi connectivity index (χ2v) is 4.93. The van der Waals surface area contributed by atoms with E-state index >= 15 is 0 Å². The van der Waals surface area contributed by atoms with Gasteiger partial charge in [0.1, 0.15) is 5.75 Å². The summed E-state index contributed by atoms with van der Waals surface area (Å²) < 4.78 is 5.29. The number of carbonyl (C=O) groups excluding carboxylic acids is 2. The van der Waals surface area contributed by atoms with E-state index in [0.717, 1.165) is 0 Å². The lowest BCUT2D eigenvalue weighted by Crippen LogP contribution is -2.25. The summed E-state index contributed by atoms with van der Waals surface area (Å²) in [5, 5.41) is 7.33. The Balaban J connectivity index is 1.79. The number of amides is 2. The molecule has 5 nitrogen and oxygen atoms in total. The van der Waals surface area contributed by atoms with Crippen molar-refractivity contribution in [2.45, 2.75) is 0 Å². The Hall–Kier alpha value is -2.34. The van der Waals surface area contributed by atoms with Gasteiger partial charge in [-0.05, 0) is 23.6 Å². The highest BCUT2D eigenvalue weighted by Gasteiger charge is 2.16. The van der Waals surface area contributed by atoms with Gasteiger partial charge in [0.2, 0.25) is 0 Å². The molecule has 0 radical (unpaired) electrons. The minimum Gasteiger partial charge on any atom is -0.482 e. The van der Waals surface area contributed by atoms with Gasteiger partial charge in [0, 0.05) is 11.8 Å². The van der Waals surface area contributed by atoms with Crippen LogP contribution in [0.4, 0.5) is 11.4 Å². The van der Waals surface area contributed by atoms with Crippen molar-refractivity contribution < 1.29 is 14.3 Å². The number of anilines is 2. The molecule has 1 aliphatic heterocycles. The normalized spacial score (nSPS) is 13.2. The van der Waals surface area contributed by atoms with Crippen LogP contribution in [0.2, 0.25) is 0 Å². The quantitative estimate of drug-likeness (QED) is 0.883. The Morgan fingerprint density at radius 1 is 1.37 bits per heavy atom. The van der Waals surface area contributed by atoms with Gasteiger partial charge in [0.25, 0.3) is 11.8 Å². The molecule has 3 rings (SSSR count). The zero-order valence-corrected chi connectivity index (χ0v) is 10.6. The maximum atomic E-state index is 11.9. The summed E-state index contributed by atoms with van der Waals surface area (Å²) in [7, 11) is 0. The van der Waals surface area contributed by atoms with Gasteiger partial charge in [0.15, 0.2) is 6.61 Å². The van der Waals surface area contributed by atoms with Crippen LogP contribution in [-0.2, 0) is 4.79 Å². The topological polar surface area (TPSA) is 67.4 Å². The lowest BCUT2D eigenvalue weighted by molar-refractivity contribution is -0.118. The Morgan fingerprint density at radius 3 is 3.05 bits per heavy atom. The van der Waals surface area contributed by atoms with Crippen LogP contribution in [0.5, 0.6) is 5.75 Å². The average molecular weight is 274 g/mol. The van der Waals surface area contributed by atoms with Crippen LogP contribution in [0.1, 0.15) is 9.67 Å². The molecule has 0 saturated heterocycles. The van der Waals surface area contributed by atoms with Gasteiger partial charge in [-0.2, -0.15) is 0 Å². The Labute approximate surface area is 113 Å². The number of thiophene rings is 1. The molecule has 6 heteroatoms. The van der Waals surface area contributed by atoms with Crippen molar-refractivity contribution in [2.75, 3.05) is 17.2 Å². The lowest BCUT2D eigenvalue weighted by atomic mass is 10.2. The molecular weight excluding hydrogens is 264 g/mol. The van der Waals surface area contributed by atoms with Crippen molar-refractivity contribution >= 4 is 34.5 Å². The van der Waals surface area contributed by atoms with Crippen LogP contribution in [0.3, 0.4) is 0 Å². The van der Waals surface area contributed by atoms with Crippen LogP contribution in [0.25, 0.3) is 0 Å². The van der Waals surface area contributed by atoms with Gasteiger partial charge in [-0.25, -0.2) is 0 Å². The van der Waals surface area contributed by atoms with Crippen molar-refractivity contribution in [1.82, 2.24) is 0 Å². The molecule has 1 aromatic heterocycles. The number of hydrogen-bond donors (Lipinski definition) is 2. The van der Waals surface area contributed by atoms with Gasteiger partial charge in [-0.3, -0.25) is 9.59 Å². The van der Waals surface area contributed by atoms with Crippen LogP contribution in [0, 0.1) is 0 Å². The van der Waals surface area contributed by atoms with Gasteiger partial charge in [0.05, 0.1) is 10.6 Å². The SMILES string of the molecule is O=C1COc2cc(NC(=O)c3cccs3)ccc2N1. The van der Waals surface area contributed by atoms with E-state index in [4.69, 9.17) is 4.74 Å². The first-order chi connectivity index (χ1) is 9.22. The van der Waals surface area contributed by atoms with E-state index in [-0.39, 0.29) is 18.4 Å². The predicted octanol–water partition coefficient (Wildman–Crippen LogP) is 2.33. The molecule has 1 aliphatic rings. The molecule has 96 valence electrons. The van der Waals surface area contributed by atoms with E-state index < -0.39 is 0 Å². The predicted molar refractivity (Wildman–Crippen MR) is 72.8 cm³/mol. The van der Waals surface area contributed by atoms with Crippen molar-refractivity contribution in [1.29, 1.82) is 0 Å². The number of fused-ring (bicyclic) bond motifs is 1. The monoisotopic (exact) mass is 274 g/mol. The fourth-order valence-corrected chi connectivity index (χ4v) is 2.37. The first-order valence-corrected chi connectivity index (χ1v) is 6.52. The fraction of sp³-hybridized carbons (Fsp3) is 0.0769. The van der Waals surface area contributed by atoms with Crippen LogP contribution >= 0.6 is 11.3 Å². The highest BCUT2D eigenvalue weighted by molar-refractivity contribution is 7.12. The maximum Gasteiger partial charge on any atom is 0.265 e. The van der Waals surface area contributed by atoms with Gasteiger partial charge in [-0.15, -0.1) is 11.3 Å². The first kappa shape index (κ1) is 11.7. The molecule has 0 spiro atoms. The highest BCUT2D eigenvalue weighted by Crippen LogP contribution is 2.30. The first-order valence-electron chi connectivity index (χ1n) is 5.64. The smallest absolute Gasteiger partial charge is 0.265 e. The van der Waals surface area contributed by atoms with Crippen LogP contribution in [0.15, 0.2) is 35.7 Å².